The lowest BCUT2D eigenvalue weighted by molar-refractivity contribution is 0.341. The van der Waals surface area contributed by atoms with Crippen molar-refractivity contribution in [3.63, 3.8) is 0 Å². The van der Waals surface area contributed by atoms with E-state index in [2.05, 4.69) is 179 Å². The van der Waals surface area contributed by atoms with E-state index in [1.807, 2.05) is 6.20 Å². The fraction of sp³-hybridized carbons (Fsp3) is 0.234. The third kappa shape index (κ3) is 5.30. The maximum Gasteiger partial charge on any atom is 0.137 e. The standard InChI is InChI=1S/C47H44N4O/c1-30-24-33(45-49-43(31-14-8-7-9-15-31)44-37-17-11-10-16-32(37)29-50(44)45)26-36(25-30)52-35-20-21-39-41(28-35)51(40-19-13-12-18-38(40)47(39,5)6)42-27-34(22-23-48-42)46(2,3)4/h7-28,43-44H,29H2,1-6H3/t43-,44+/m1/s1. The van der Waals surface area contributed by atoms with Gasteiger partial charge >= 0.3 is 0 Å². The molecule has 0 amide bonds. The first-order valence-electron chi connectivity index (χ1n) is 18.3. The maximum absolute atomic E-state index is 6.81. The number of aromatic nitrogens is 1. The molecule has 258 valence electrons. The van der Waals surface area contributed by atoms with Crippen molar-refractivity contribution in [3.05, 3.63) is 178 Å². The minimum atomic E-state index is -0.209. The van der Waals surface area contributed by atoms with Gasteiger partial charge in [-0.2, -0.15) is 0 Å². The average Bonchev–Trinajstić information content (AvgIpc) is 3.69. The molecule has 1 aromatic heterocycles. The summed E-state index contributed by atoms with van der Waals surface area (Å²) in [5.74, 6) is 3.50. The summed E-state index contributed by atoms with van der Waals surface area (Å²) in [5, 5.41) is 0. The lowest BCUT2D eigenvalue weighted by Gasteiger charge is -2.41. The fourth-order valence-electron chi connectivity index (χ4n) is 8.47. The molecule has 0 spiro atoms. The molecule has 0 bridgehead atoms. The molecule has 0 unspecified atom stereocenters. The number of hydrogen-bond donors (Lipinski definition) is 0. The Kier molecular flexibility index (Phi) is 7.41. The molecule has 3 aliphatic rings. The van der Waals surface area contributed by atoms with Crippen LogP contribution < -0.4 is 9.64 Å². The molecule has 0 saturated carbocycles. The zero-order valence-corrected chi connectivity index (χ0v) is 30.8. The van der Waals surface area contributed by atoms with Crippen molar-refractivity contribution in [1.82, 2.24) is 9.88 Å². The number of benzene rings is 5. The first-order valence-corrected chi connectivity index (χ1v) is 18.3. The Bertz CT molecular complexity index is 2370. The van der Waals surface area contributed by atoms with E-state index in [4.69, 9.17) is 14.7 Å². The Morgan fingerprint density at radius 1 is 0.731 bits per heavy atom. The predicted molar refractivity (Wildman–Crippen MR) is 211 cm³/mol. The van der Waals surface area contributed by atoms with Gasteiger partial charge in [-0.05, 0) is 93.7 Å². The Morgan fingerprint density at radius 2 is 1.48 bits per heavy atom. The summed E-state index contributed by atoms with van der Waals surface area (Å²) < 4.78 is 6.81. The van der Waals surface area contributed by atoms with Gasteiger partial charge in [-0.25, -0.2) is 4.98 Å². The Morgan fingerprint density at radius 3 is 2.31 bits per heavy atom. The second-order valence-electron chi connectivity index (χ2n) is 16.0. The van der Waals surface area contributed by atoms with E-state index < -0.39 is 0 Å². The minimum Gasteiger partial charge on any atom is -0.457 e. The van der Waals surface area contributed by atoms with Crippen LogP contribution in [0.3, 0.4) is 0 Å². The summed E-state index contributed by atoms with van der Waals surface area (Å²) in [7, 11) is 0. The van der Waals surface area contributed by atoms with Gasteiger partial charge in [0.2, 0.25) is 0 Å². The van der Waals surface area contributed by atoms with Crippen LogP contribution in [0.25, 0.3) is 0 Å². The number of fused-ring (bicyclic) bond motifs is 5. The number of hydrogen-bond acceptors (Lipinski definition) is 5. The molecule has 2 atom stereocenters. The van der Waals surface area contributed by atoms with Gasteiger partial charge in [-0.3, -0.25) is 9.89 Å². The van der Waals surface area contributed by atoms with E-state index in [0.717, 1.165) is 52.2 Å². The zero-order chi connectivity index (χ0) is 35.8. The van der Waals surface area contributed by atoms with Crippen LogP contribution in [0.15, 0.2) is 139 Å². The molecular formula is C47H44N4O. The molecule has 4 heterocycles. The minimum absolute atomic E-state index is 0.00840. The first-order chi connectivity index (χ1) is 25.1. The van der Waals surface area contributed by atoms with E-state index in [0.29, 0.717) is 0 Å². The Balaban J connectivity index is 1.11. The highest BCUT2D eigenvalue weighted by molar-refractivity contribution is 6.01. The lowest BCUT2D eigenvalue weighted by atomic mass is 9.73. The molecule has 5 aromatic carbocycles. The monoisotopic (exact) mass is 680 g/mol. The van der Waals surface area contributed by atoms with Crippen molar-refractivity contribution >= 4 is 23.0 Å². The van der Waals surface area contributed by atoms with Crippen LogP contribution >= 0.6 is 0 Å². The second kappa shape index (κ2) is 11.9. The largest absolute Gasteiger partial charge is 0.457 e. The number of anilines is 3. The Hall–Kier alpha value is -5.68. The van der Waals surface area contributed by atoms with Crippen LogP contribution in [0.2, 0.25) is 0 Å². The number of nitrogens with zero attached hydrogens (tertiary/aromatic N) is 4. The lowest BCUT2D eigenvalue weighted by Crippen LogP contribution is -2.31. The van der Waals surface area contributed by atoms with E-state index in [9.17, 15) is 0 Å². The number of pyridine rings is 1. The van der Waals surface area contributed by atoms with Crippen LogP contribution in [0.4, 0.5) is 17.2 Å². The molecule has 0 N–H and O–H groups in total. The molecule has 3 aliphatic heterocycles. The van der Waals surface area contributed by atoms with Gasteiger partial charge in [0.15, 0.2) is 0 Å². The number of amidine groups is 1. The second-order valence-corrected chi connectivity index (χ2v) is 16.0. The van der Waals surface area contributed by atoms with Crippen molar-refractivity contribution in [2.45, 2.75) is 71.0 Å². The molecule has 52 heavy (non-hydrogen) atoms. The molecule has 9 rings (SSSR count). The molecule has 6 aromatic rings. The number of ether oxygens (including phenoxy) is 1. The maximum atomic E-state index is 6.81. The molecule has 0 radical (unpaired) electrons. The highest BCUT2D eigenvalue weighted by Crippen LogP contribution is 2.53. The quantitative estimate of drug-likeness (QED) is 0.182. The summed E-state index contributed by atoms with van der Waals surface area (Å²) in [6, 6.07) is 45.8. The van der Waals surface area contributed by atoms with Gasteiger partial charge in [-0.1, -0.05) is 113 Å². The summed E-state index contributed by atoms with van der Waals surface area (Å²) in [6.45, 7) is 14.3. The van der Waals surface area contributed by atoms with Crippen LogP contribution in [0.1, 0.15) is 91.2 Å². The Labute approximate surface area is 307 Å². The summed E-state index contributed by atoms with van der Waals surface area (Å²) in [5.41, 5.74) is 11.9. The van der Waals surface area contributed by atoms with E-state index in [-0.39, 0.29) is 22.9 Å². The molecule has 5 nitrogen and oxygen atoms in total. The van der Waals surface area contributed by atoms with Crippen LogP contribution in [-0.4, -0.2) is 15.7 Å². The number of rotatable bonds is 5. The summed E-state index contributed by atoms with van der Waals surface area (Å²) in [4.78, 5) is 15.2. The third-order valence-corrected chi connectivity index (χ3v) is 11.1. The van der Waals surface area contributed by atoms with Gasteiger partial charge < -0.3 is 9.64 Å². The SMILES string of the molecule is Cc1cc(Oc2ccc3c(c2)N(c2cc(C(C)(C)C)ccn2)c2ccccc2C3(C)C)cc(C2=N[C@H](c3ccccc3)[C@@H]3c4ccccc4CN23)c1. The van der Waals surface area contributed by atoms with E-state index >= 15 is 0 Å². The fourth-order valence-corrected chi connectivity index (χ4v) is 8.47. The highest BCUT2D eigenvalue weighted by atomic mass is 16.5. The van der Waals surface area contributed by atoms with Crippen LogP contribution in [-0.2, 0) is 17.4 Å². The smallest absolute Gasteiger partial charge is 0.137 e. The van der Waals surface area contributed by atoms with Crippen LogP contribution in [0.5, 0.6) is 11.5 Å². The van der Waals surface area contributed by atoms with Gasteiger partial charge in [0.05, 0.1) is 17.4 Å². The first kappa shape index (κ1) is 32.2. The van der Waals surface area contributed by atoms with Crippen LogP contribution in [0, 0.1) is 6.92 Å². The average molecular weight is 681 g/mol. The number of para-hydroxylation sites is 1. The third-order valence-electron chi connectivity index (χ3n) is 11.1. The van der Waals surface area contributed by atoms with Crippen molar-refractivity contribution in [3.8, 4) is 11.5 Å². The molecule has 5 heteroatoms. The van der Waals surface area contributed by atoms with Crippen molar-refractivity contribution < 1.29 is 4.74 Å². The normalized spacial score (nSPS) is 18.3. The van der Waals surface area contributed by atoms with Gasteiger partial charge in [0, 0.05) is 29.8 Å². The van der Waals surface area contributed by atoms with E-state index in [1.165, 1.54) is 33.4 Å². The molecule has 0 saturated heterocycles. The number of aryl methyl sites for hydroxylation is 1. The topological polar surface area (TPSA) is 41.0 Å². The number of aliphatic imine (C=N–C) groups is 1. The van der Waals surface area contributed by atoms with Crippen molar-refractivity contribution in [2.75, 3.05) is 4.90 Å². The highest BCUT2D eigenvalue weighted by Gasteiger charge is 2.44. The molecular weight excluding hydrogens is 637 g/mol. The van der Waals surface area contributed by atoms with Crippen molar-refractivity contribution in [2.24, 2.45) is 4.99 Å². The molecule has 0 fully saturated rings. The van der Waals surface area contributed by atoms with Crippen molar-refractivity contribution in [1.29, 1.82) is 0 Å². The predicted octanol–water partition coefficient (Wildman–Crippen LogP) is 11.6. The summed E-state index contributed by atoms with van der Waals surface area (Å²) >= 11 is 0. The summed E-state index contributed by atoms with van der Waals surface area (Å²) in [6.07, 6.45) is 1.93. The van der Waals surface area contributed by atoms with Gasteiger partial charge in [0.25, 0.3) is 0 Å². The van der Waals surface area contributed by atoms with Gasteiger partial charge in [-0.15, -0.1) is 0 Å². The zero-order valence-electron chi connectivity index (χ0n) is 30.8. The van der Waals surface area contributed by atoms with E-state index in [1.54, 1.807) is 0 Å². The molecule has 0 aliphatic carbocycles. The van der Waals surface area contributed by atoms with Gasteiger partial charge in [0.1, 0.15) is 29.2 Å².